The van der Waals surface area contributed by atoms with Crippen LogP contribution in [0.15, 0.2) is 25.3 Å². The van der Waals surface area contributed by atoms with Gasteiger partial charge in [-0.05, 0) is 0 Å². The predicted octanol–water partition coefficient (Wildman–Crippen LogP) is 0.153. The second kappa shape index (κ2) is 6.85. The van der Waals surface area contributed by atoms with E-state index in [1.165, 1.54) is 0 Å². The van der Waals surface area contributed by atoms with Crippen LogP contribution >= 0.6 is 0 Å². The smallest absolute Gasteiger partial charge is 0.333 e. The number of aliphatic hydroxyl groups excluding tert-OH is 1. The summed E-state index contributed by atoms with van der Waals surface area (Å²) in [6, 6.07) is 0. The van der Waals surface area contributed by atoms with Gasteiger partial charge in [-0.15, -0.1) is 0 Å². The van der Waals surface area contributed by atoms with Crippen LogP contribution in [0.5, 0.6) is 0 Å². The van der Waals surface area contributed by atoms with Gasteiger partial charge in [0.1, 0.15) is 0 Å². The summed E-state index contributed by atoms with van der Waals surface area (Å²) >= 11 is 0. The number of esters is 2. The van der Waals surface area contributed by atoms with E-state index < -0.39 is 18.2 Å². The number of hydrogen-bond donors (Lipinski definition) is 1. The van der Waals surface area contributed by atoms with Gasteiger partial charge in [-0.2, -0.15) is 0 Å². The van der Waals surface area contributed by atoms with Crippen LogP contribution in [0, 0.1) is 0 Å². The van der Waals surface area contributed by atoms with Crippen LogP contribution in [0.4, 0.5) is 0 Å². The molecule has 5 nitrogen and oxygen atoms in total. The molecule has 1 N–H and O–H groups in total. The second-order valence-corrected chi connectivity index (χ2v) is 2.22. The topological polar surface area (TPSA) is 72.8 Å². The third kappa shape index (κ3) is 5.10. The second-order valence-electron chi connectivity index (χ2n) is 2.22. The first kappa shape index (κ1) is 12.4. The maximum Gasteiger partial charge on any atom is 0.333 e. The van der Waals surface area contributed by atoms with Crippen LogP contribution in [0.3, 0.4) is 0 Å². The molecule has 5 heteroatoms. The molecule has 0 saturated carbocycles. The minimum absolute atomic E-state index is 0.0131. The van der Waals surface area contributed by atoms with E-state index in [2.05, 4.69) is 22.6 Å². The van der Waals surface area contributed by atoms with Crippen molar-refractivity contribution in [1.29, 1.82) is 0 Å². The highest BCUT2D eigenvalue weighted by Gasteiger charge is 2.15. The van der Waals surface area contributed by atoms with Gasteiger partial charge in [0.05, 0.1) is 6.61 Å². The Bertz CT molecular complexity index is 211. The molecule has 14 heavy (non-hydrogen) atoms. The molecule has 0 amide bonds. The van der Waals surface area contributed by atoms with Crippen LogP contribution in [0.25, 0.3) is 0 Å². The Morgan fingerprint density at radius 1 is 1.21 bits per heavy atom. The molecule has 0 rings (SSSR count). The zero-order chi connectivity index (χ0) is 11.0. The van der Waals surface area contributed by atoms with Crippen molar-refractivity contribution in [2.75, 3.05) is 6.61 Å². The fourth-order valence-corrected chi connectivity index (χ4v) is 0.603. The van der Waals surface area contributed by atoms with E-state index in [1.54, 1.807) is 0 Å². The van der Waals surface area contributed by atoms with E-state index in [0.717, 1.165) is 12.2 Å². The Labute approximate surface area is 81.6 Å². The molecule has 0 heterocycles. The molecule has 0 saturated heterocycles. The fourth-order valence-electron chi connectivity index (χ4n) is 0.603. The molecular formula is C9H12O5. The maximum absolute atomic E-state index is 10.7. The average Bonchev–Trinajstić information content (AvgIpc) is 2.17. The number of rotatable bonds is 6. The molecule has 0 bridgehead atoms. The van der Waals surface area contributed by atoms with Crippen LogP contribution in [0.2, 0.25) is 0 Å². The average molecular weight is 200 g/mol. The predicted molar refractivity (Wildman–Crippen MR) is 48.1 cm³/mol. The van der Waals surface area contributed by atoms with Crippen molar-refractivity contribution in [3.05, 3.63) is 25.3 Å². The van der Waals surface area contributed by atoms with Crippen LogP contribution < -0.4 is 0 Å². The number of carbonyl (C=O) groups excluding carboxylic acids is 2. The molecule has 0 atom stereocenters. The summed E-state index contributed by atoms with van der Waals surface area (Å²) in [7, 11) is 0. The Balaban J connectivity index is 4.13. The highest BCUT2D eigenvalue weighted by atomic mass is 16.7. The monoisotopic (exact) mass is 200 g/mol. The molecule has 0 unspecified atom stereocenters. The molecule has 0 radical (unpaired) electrons. The lowest BCUT2D eigenvalue weighted by molar-refractivity contribution is -0.182. The van der Waals surface area contributed by atoms with Gasteiger partial charge in [-0.3, -0.25) is 0 Å². The third-order valence-electron chi connectivity index (χ3n) is 1.19. The maximum atomic E-state index is 10.7. The van der Waals surface area contributed by atoms with Crippen molar-refractivity contribution in [2.24, 2.45) is 0 Å². The molecule has 0 fully saturated rings. The Kier molecular flexibility index (Phi) is 6.06. The number of hydrogen-bond acceptors (Lipinski definition) is 5. The molecule has 78 valence electrons. The zero-order valence-corrected chi connectivity index (χ0v) is 7.64. The van der Waals surface area contributed by atoms with Gasteiger partial charge < -0.3 is 14.6 Å². The zero-order valence-electron chi connectivity index (χ0n) is 7.64. The Hall–Kier alpha value is -1.62. The Morgan fingerprint density at radius 3 is 1.93 bits per heavy atom. The standard InChI is InChI=1S/C9H12O5/c1-3-7(11)13-9(5-6-10)14-8(12)4-2/h3-4,9-10H,1-2,5-6H2. The fraction of sp³-hybridized carbons (Fsp3) is 0.333. The van der Waals surface area contributed by atoms with Crippen molar-refractivity contribution in [2.45, 2.75) is 12.7 Å². The van der Waals surface area contributed by atoms with E-state index in [-0.39, 0.29) is 13.0 Å². The van der Waals surface area contributed by atoms with Crippen molar-refractivity contribution in [3.63, 3.8) is 0 Å². The highest BCUT2D eigenvalue weighted by molar-refractivity contribution is 5.82. The van der Waals surface area contributed by atoms with Gasteiger partial charge in [-0.25, -0.2) is 9.59 Å². The van der Waals surface area contributed by atoms with E-state index in [0.29, 0.717) is 0 Å². The molecule has 0 aromatic rings. The minimum Gasteiger partial charge on any atom is -0.422 e. The lowest BCUT2D eigenvalue weighted by Gasteiger charge is -2.15. The molecule has 0 aromatic carbocycles. The van der Waals surface area contributed by atoms with Gasteiger partial charge in [0.2, 0.25) is 6.29 Å². The molecule has 0 aliphatic heterocycles. The lowest BCUT2D eigenvalue weighted by Crippen LogP contribution is -2.24. The van der Waals surface area contributed by atoms with Crippen LogP contribution in [-0.4, -0.2) is 29.9 Å². The summed E-state index contributed by atoms with van der Waals surface area (Å²) < 4.78 is 9.21. The Morgan fingerprint density at radius 2 is 1.64 bits per heavy atom. The van der Waals surface area contributed by atoms with E-state index in [9.17, 15) is 9.59 Å². The van der Waals surface area contributed by atoms with Gasteiger partial charge in [0.15, 0.2) is 0 Å². The summed E-state index contributed by atoms with van der Waals surface area (Å²) in [6.45, 7) is 6.09. The summed E-state index contributed by atoms with van der Waals surface area (Å²) in [5, 5.41) is 8.57. The number of aliphatic hydroxyl groups is 1. The minimum atomic E-state index is -1.10. The van der Waals surface area contributed by atoms with E-state index >= 15 is 0 Å². The van der Waals surface area contributed by atoms with Crippen molar-refractivity contribution >= 4 is 11.9 Å². The third-order valence-corrected chi connectivity index (χ3v) is 1.19. The lowest BCUT2D eigenvalue weighted by atomic mass is 10.4. The van der Waals surface area contributed by atoms with Crippen molar-refractivity contribution in [1.82, 2.24) is 0 Å². The van der Waals surface area contributed by atoms with Gasteiger partial charge >= 0.3 is 11.9 Å². The van der Waals surface area contributed by atoms with Crippen molar-refractivity contribution in [3.8, 4) is 0 Å². The van der Waals surface area contributed by atoms with Gasteiger partial charge in [-0.1, -0.05) is 13.2 Å². The number of ether oxygens (including phenoxy) is 2. The molecular weight excluding hydrogens is 188 g/mol. The molecule has 0 aliphatic rings. The van der Waals surface area contributed by atoms with Crippen LogP contribution in [-0.2, 0) is 19.1 Å². The highest BCUT2D eigenvalue weighted by Crippen LogP contribution is 2.02. The molecule has 0 aromatic heterocycles. The first-order valence-electron chi connectivity index (χ1n) is 3.91. The van der Waals surface area contributed by atoms with E-state index in [1.807, 2.05) is 0 Å². The summed E-state index contributed by atoms with van der Waals surface area (Å²) in [6.07, 6.45) is 0.785. The normalized spacial score (nSPS) is 9.29. The SMILES string of the molecule is C=CC(=O)OC(CCO)OC(=O)C=C. The number of carbonyl (C=O) groups is 2. The largest absolute Gasteiger partial charge is 0.422 e. The first-order valence-corrected chi connectivity index (χ1v) is 3.91. The summed E-state index contributed by atoms with van der Waals surface area (Å²) in [4.78, 5) is 21.5. The molecule has 0 spiro atoms. The van der Waals surface area contributed by atoms with Gasteiger partial charge in [0, 0.05) is 18.6 Å². The van der Waals surface area contributed by atoms with Crippen molar-refractivity contribution < 1.29 is 24.2 Å². The summed E-state index contributed by atoms with van der Waals surface area (Å²) in [5.41, 5.74) is 0. The van der Waals surface area contributed by atoms with Gasteiger partial charge in [0.25, 0.3) is 0 Å². The van der Waals surface area contributed by atoms with Crippen LogP contribution in [0.1, 0.15) is 6.42 Å². The quantitative estimate of drug-likeness (QED) is 0.375. The molecule has 0 aliphatic carbocycles. The summed E-state index contributed by atoms with van der Waals surface area (Å²) in [5.74, 6) is -1.44. The van der Waals surface area contributed by atoms with E-state index in [4.69, 9.17) is 5.11 Å². The first-order chi connectivity index (χ1) is 6.63.